The molecule has 0 unspecified atom stereocenters. The van der Waals surface area contributed by atoms with Gasteiger partial charge < -0.3 is 18.0 Å². The van der Waals surface area contributed by atoms with E-state index in [1.54, 1.807) is 0 Å². The smallest absolute Gasteiger partial charge is 0.136 e. The van der Waals surface area contributed by atoms with Gasteiger partial charge in [-0.2, -0.15) is 0 Å². The Hall–Kier alpha value is -11.7. The van der Waals surface area contributed by atoms with Crippen LogP contribution in [0.15, 0.2) is 312 Å². The van der Waals surface area contributed by atoms with Crippen LogP contribution in [-0.2, 0) is 10.8 Å². The summed E-state index contributed by atoms with van der Waals surface area (Å²) in [5, 5.41) is 9.77. The van der Waals surface area contributed by atoms with Gasteiger partial charge >= 0.3 is 0 Å². The molecule has 18 aromatic rings. The summed E-state index contributed by atoms with van der Waals surface area (Å²) in [5.74, 6) is 0. The third-order valence-electron chi connectivity index (χ3n) is 20.8. The molecule has 0 saturated heterocycles. The van der Waals surface area contributed by atoms with Crippen LogP contribution in [0.5, 0.6) is 0 Å². The molecule has 0 saturated carbocycles. The first-order valence-corrected chi connectivity index (χ1v) is 32.7. The fraction of sp³-hybridized carbons (Fsp3) is 0.0667. The number of nitrogens with zero attached hydrogens (tertiary/aromatic N) is 2. The van der Waals surface area contributed by atoms with Gasteiger partial charge in [-0.15, -0.1) is 0 Å². The van der Waals surface area contributed by atoms with Crippen molar-refractivity contribution < 1.29 is 8.83 Å². The van der Waals surface area contributed by atoms with Crippen LogP contribution in [0.4, 0.5) is 0 Å². The number of benzene rings is 14. The molecule has 4 nitrogen and oxygen atoms in total. The van der Waals surface area contributed by atoms with Gasteiger partial charge in [0.1, 0.15) is 22.3 Å². The molecular weight excluding hydrogens is 1140 g/mol. The van der Waals surface area contributed by atoms with Crippen molar-refractivity contribution in [1.29, 1.82) is 0 Å². The molecule has 2 aliphatic carbocycles. The number of fused-ring (bicyclic) bond motifs is 18. The lowest BCUT2D eigenvalue weighted by Gasteiger charge is -2.23. The third kappa shape index (κ3) is 8.06. The first kappa shape index (κ1) is 54.1. The molecule has 0 radical (unpaired) electrons. The number of furan rings is 2. The Balaban J connectivity index is 0.000000133. The molecule has 0 atom stereocenters. The lowest BCUT2D eigenvalue weighted by Crippen LogP contribution is -2.15. The van der Waals surface area contributed by atoms with Crippen LogP contribution in [0.2, 0.25) is 0 Å². The lowest BCUT2D eigenvalue weighted by molar-refractivity contribution is 0.660. The standard InChI is InChI=1S/2C45H31NO/c2*1-45(2)38-25-30(32-15-10-18-43-44(32)37-14-7-9-17-42(37)47-43)20-22-33(38)34-24-21-31(27-39(34)45)46-40-16-8-6-13-35(40)36-23-19-29(26-41(36)46)28-11-4-3-5-12-28/h2*3-27H,1-2H3. The zero-order valence-corrected chi connectivity index (χ0v) is 52.6. The predicted octanol–water partition coefficient (Wildman–Crippen LogP) is 24.6. The molecule has 0 aliphatic heterocycles. The van der Waals surface area contributed by atoms with Crippen molar-refractivity contribution in [2.75, 3.05) is 0 Å². The Morgan fingerprint density at radius 1 is 0.223 bits per heavy atom. The fourth-order valence-corrected chi connectivity index (χ4v) is 16.2. The maximum Gasteiger partial charge on any atom is 0.136 e. The van der Waals surface area contributed by atoms with Crippen molar-refractivity contribution in [3.8, 4) is 78.1 Å². The van der Waals surface area contributed by atoms with Crippen LogP contribution in [0.1, 0.15) is 49.9 Å². The number of hydrogen-bond acceptors (Lipinski definition) is 2. The second kappa shape index (κ2) is 20.4. The zero-order valence-electron chi connectivity index (χ0n) is 52.6. The van der Waals surface area contributed by atoms with E-state index < -0.39 is 0 Å². The lowest BCUT2D eigenvalue weighted by atomic mass is 9.81. The summed E-state index contributed by atoms with van der Waals surface area (Å²) in [5.41, 5.74) is 31.1. The van der Waals surface area contributed by atoms with E-state index in [0.29, 0.717) is 0 Å². The molecular formula is C90H62N2O2. The van der Waals surface area contributed by atoms with Crippen molar-refractivity contribution in [2.24, 2.45) is 0 Å². The van der Waals surface area contributed by atoms with Crippen molar-refractivity contribution in [2.45, 2.75) is 38.5 Å². The highest BCUT2D eigenvalue weighted by Crippen LogP contribution is 2.54. The van der Waals surface area contributed by atoms with Gasteiger partial charge in [-0.1, -0.05) is 246 Å². The summed E-state index contributed by atoms with van der Waals surface area (Å²) in [6.45, 7) is 9.49. The maximum absolute atomic E-state index is 6.24. The SMILES string of the molecule is CC1(C)c2cc(-c3cccc4oc5ccccc5c34)ccc2-c2ccc(-n3c4ccccc4c4ccc(-c5ccccc5)cc43)cc21.CC1(C)c2cc(-c3cccc4oc5ccccc5c34)ccc2-c2ccc(-n3c4ccccc4c4ccc(-c5ccccc5)cc43)cc21. The van der Waals surface area contributed by atoms with E-state index in [2.05, 4.69) is 328 Å². The summed E-state index contributed by atoms with van der Waals surface area (Å²) >= 11 is 0. The van der Waals surface area contributed by atoms with E-state index in [1.165, 1.54) is 155 Å². The Kier molecular flexibility index (Phi) is 11.7. The third-order valence-corrected chi connectivity index (χ3v) is 20.8. The molecule has 4 aromatic heterocycles. The van der Waals surface area contributed by atoms with Crippen LogP contribution < -0.4 is 0 Å². The van der Waals surface area contributed by atoms with Gasteiger partial charge in [0.15, 0.2) is 0 Å². The number of hydrogen-bond donors (Lipinski definition) is 0. The Morgan fingerprint density at radius 3 is 1.00 bits per heavy atom. The molecule has 0 amide bonds. The quantitative estimate of drug-likeness (QED) is 0.166. The molecule has 4 heterocycles. The Bertz CT molecular complexity index is 5790. The highest BCUT2D eigenvalue weighted by Gasteiger charge is 2.38. The minimum Gasteiger partial charge on any atom is -0.456 e. The van der Waals surface area contributed by atoms with E-state index >= 15 is 0 Å². The van der Waals surface area contributed by atoms with Crippen LogP contribution >= 0.6 is 0 Å². The topological polar surface area (TPSA) is 36.1 Å². The molecule has 0 N–H and O–H groups in total. The number of aromatic nitrogens is 2. The van der Waals surface area contributed by atoms with Crippen LogP contribution in [-0.4, -0.2) is 9.13 Å². The van der Waals surface area contributed by atoms with Crippen LogP contribution in [0, 0.1) is 0 Å². The monoisotopic (exact) mass is 1200 g/mol. The summed E-state index contributed by atoms with van der Waals surface area (Å²) in [6.07, 6.45) is 0. The summed E-state index contributed by atoms with van der Waals surface area (Å²) in [7, 11) is 0. The van der Waals surface area contributed by atoms with Crippen LogP contribution in [0.3, 0.4) is 0 Å². The molecule has 0 bridgehead atoms. The second-order valence-corrected chi connectivity index (χ2v) is 26.7. The summed E-state index contributed by atoms with van der Waals surface area (Å²) < 4.78 is 17.4. The van der Waals surface area contributed by atoms with E-state index in [-0.39, 0.29) is 10.8 Å². The summed E-state index contributed by atoms with van der Waals surface area (Å²) in [6, 6.07) is 110. The molecule has 444 valence electrons. The molecule has 0 spiro atoms. The van der Waals surface area contributed by atoms with E-state index in [1.807, 2.05) is 12.1 Å². The van der Waals surface area contributed by atoms with E-state index in [4.69, 9.17) is 8.83 Å². The molecule has 4 heteroatoms. The molecule has 14 aromatic carbocycles. The molecule has 94 heavy (non-hydrogen) atoms. The van der Waals surface area contributed by atoms with Gasteiger partial charge in [0, 0.05) is 65.3 Å². The summed E-state index contributed by atoms with van der Waals surface area (Å²) in [4.78, 5) is 0. The highest BCUT2D eigenvalue weighted by molar-refractivity contribution is 6.15. The first-order chi connectivity index (χ1) is 46.1. The van der Waals surface area contributed by atoms with Crippen molar-refractivity contribution >= 4 is 87.5 Å². The predicted molar refractivity (Wildman–Crippen MR) is 393 cm³/mol. The number of para-hydroxylation sites is 4. The minimum absolute atomic E-state index is 0.170. The van der Waals surface area contributed by atoms with E-state index in [0.717, 1.165) is 33.1 Å². The van der Waals surface area contributed by atoms with Crippen molar-refractivity contribution in [1.82, 2.24) is 9.13 Å². The average molecular weight is 1200 g/mol. The number of rotatable bonds is 6. The normalized spacial score (nSPS) is 13.5. The Morgan fingerprint density at radius 2 is 0.564 bits per heavy atom. The first-order valence-electron chi connectivity index (χ1n) is 32.7. The van der Waals surface area contributed by atoms with Crippen LogP contribution in [0.25, 0.3) is 166 Å². The van der Waals surface area contributed by atoms with E-state index in [9.17, 15) is 0 Å². The highest BCUT2D eigenvalue weighted by atomic mass is 16.3. The minimum atomic E-state index is -0.170. The second-order valence-electron chi connectivity index (χ2n) is 26.7. The largest absolute Gasteiger partial charge is 0.456 e. The molecule has 0 fully saturated rings. The average Bonchev–Trinajstić information content (AvgIpc) is 1.57. The van der Waals surface area contributed by atoms with Gasteiger partial charge in [-0.25, -0.2) is 0 Å². The van der Waals surface area contributed by atoms with Gasteiger partial charge in [0.05, 0.1) is 22.1 Å². The van der Waals surface area contributed by atoms with Crippen molar-refractivity contribution in [3.63, 3.8) is 0 Å². The maximum atomic E-state index is 6.24. The van der Waals surface area contributed by atoms with Gasteiger partial charge in [0.2, 0.25) is 0 Å². The molecule has 20 rings (SSSR count). The Labute approximate surface area is 544 Å². The van der Waals surface area contributed by atoms with Gasteiger partial charge in [0.25, 0.3) is 0 Å². The van der Waals surface area contributed by atoms with Gasteiger partial charge in [-0.05, 0) is 174 Å². The van der Waals surface area contributed by atoms with Crippen molar-refractivity contribution in [3.05, 3.63) is 326 Å². The zero-order chi connectivity index (χ0) is 62.6. The molecule has 2 aliphatic rings. The van der Waals surface area contributed by atoms with Gasteiger partial charge in [-0.3, -0.25) is 0 Å². The fourth-order valence-electron chi connectivity index (χ4n) is 16.2.